The highest BCUT2D eigenvalue weighted by atomic mass is 16.1. The number of ketones is 1. The SMILES string of the molecule is Cc1cccc(-n2nc(C)c3c2CC(c2ccc(C(C)C)cc2)CC3=O)c1. The van der Waals surface area contributed by atoms with Crippen molar-refractivity contribution in [2.75, 3.05) is 0 Å². The third-order valence-corrected chi connectivity index (χ3v) is 5.63. The van der Waals surface area contributed by atoms with Gasteiger partial charge < -0.3 is 0 Å². The average molecular weight is 358 g/mol. The van der Waals surface area contributed by atoms with Gasteiger partial charge in [-0.3, -0.25) is 4.79 Å². The van der Waals surface area contributed by atoms with E-state index in [0.717, 1.165) is 29.1 Å². The molecule has 1 aliphatic carbocycles. The molecular formula is C24H26N2O. The quantitative estimate of drug-likeness (QED) is 0.617. The van der Waals surface area contributed by atoms with Crippen molar-refractivity contribution in [2.45, 2.75) is 52.4 Å². The highest BCUT2D eigenvalue weighted by molar-refractivity contribution is 6.00. The lowest BCUT2D eigenvalue weighted by atomic mass is 9.81. The summed E-state index contributed by atoms with van der Waals surface area (Å²) >= 11 is 0. The van der Waals surface area contributed by atoms with Gasteiger partial charge in [-0.25, -0.2) is 4.68 Å². The van der Waals surface area contributed by atoms with Gasteiger partial charge in [-0.2, -0.15) is 5.10 Å². The summed E-state index contributed by atoms with van der Waals surface area (Å²) in [7, 11) is 0. The first-order valence-electron chi connectivity index (χ1n) is 9.72. The number of rotatable bonds is 3. The normalized spacial score (nSPS) is 16.6. The molecule has 1 atom stereocenters. The number of nitrogens with zero attached hydrogens (tertiary/aromatic N) is 2. The van der Waals surface area contributed by atoms with Gasteiger partial charge in [0.05, 0.1) is 22.6 Å². The van der Waals surface area contributed by atoms with Gasteiger partial charge >= 0.3 is 0 Å². The van der Waals surface area contributed by atoms with Crippen LogP contribution in [0.3, 0.4) is 0 Å². The van der Waals surface area contributed by atoms with Crippen LogP contribution >= 0.6 is 0 Å². The van der Waals surface area contributed by atoms with Crippen LogP contribution in [0.15, 0.2) is 48.5 Å². The first-order valence-corrected chi connectivity index (χ1v) is 9.72. The molecule has 0 radical (unpaired) electrons. The van der Waals surface area contributed by atoms with Crippen molar-refractivity contribution in [1.82, 2.24) is 9.78 Å². The molecule has 0 N–H and O–H groups in total. The third-order valence-electron chi connectivity index (χ3n) is 5.63. The third kappa shape index (κ3) is 3.23. The molecule has 1 heterocycles. The molecule has 4 rings (SSSR count). The van der Waals surface area contributed by atoms with Crippen molar-refractivity contribution < 1.29 is 4.79 Å². The summed E-state index contributed by atoms with van der Waals surface area (Å²) in [6.45, 7) is 8.43. The van der Waals surface area contributed by atoms with Crippen LogP contribution in [0, 0.1) is 13.8 Å². The summed E-state index contributed by atoms with van der Waals surface area (Å²) < 4.78 is 1.98. The fraction of sp³-hybridized carbons (Fsp3) is 0.333. The molecule has 0 saturated heterocycles. The lowest BCUT2D eigenvalue weighted by molar-refractivity contribution is 0.0963. The Kier molecular flexibility index (Phi) is 4.47. The molecule has 0 amide bonds. The van der Waals surface area contributed by atoms with Crippen LogP contribution in [0.1, 0.15) is 70.5 Å². The maximum Gasteiger partial charge on any atom is 0.167 e. The van der Waals surface area contributed by atoms with Gasteiger partial charge in [-0.05, 0) is 60.9 Å². The van der Waals surface area contributed by atoms with Gasteiger partial charge in [0.1, 0.15) is 0 Å². The van der Waals surface area contributed by atoms with Gasteiger partial charge in [0.25, 0.3) is 0 Å². The van der Waals surface area contributed by atoms with E-state index in [1.165, 1.54) is 16.7 Å². The van der Waals surface area contributed by atoms with E-state index in [1.807, 2.05) is 17.7 Å². The van der Waals surface area contributed by atoms with E-state index in [0.29, 0.717) is 12.3 Å². The lowest BCUT2D eigenvalue weighted by Crippen LogP contribution is -2.20. The molecule has 0 fully saturated rings. The van der Waals surface area contributed by atoms with Crippen molar-refractivity contribution in [1.29, 1.82) is 0 Å². The summed E-state index contributed by atoms with van der Waals surface area (Å²) in [6.07, 6.45) is 1.41. The first-order chi connectivity index (χ1) is 12.9. The van der Waals surface area contributed by atoms with E-state index in [9.17, 15) is 4.79 Å². The Hall–Kier alpha value is -2.68. The average Bonchev–Trinajstić information content (AvgIpc) is 2.99. The lowest BCUT2D eigenvalue weighted by Gasteiger charge is -2.23. The standard InChI is InChI=1S/C24H26N2O/c1-15(2)18-8-10-19(11-9-18)20-13-22-24(23(27)14-20)17(4)25-26(22)21-7-5-6-16(3)12-21/h5-12,15,20H,13-14H2,1-4H3. The van der Waals surface area contributed by atoms with E-state index in [1.54, 1.807) is 0 Å². The number of hydrogen-bond acceptors (Lipinski definition) is 2. The minimum absolute atomic E-state index is 0.214. The molecule has 27 heavy (non-hydrogen) atoms. The van der Waals surface area contributed by atoms with Crippen molar-refractivity contribution in [3.05, 3.63) is 82.2 Å². The number of fused-ring (bicyclic) bond motifs is 1. The highest BCUT2D eigenvalue weighted by Crippen LogP contribution is 2.35. The Labute approximate surface area is 161 Å². The molecule has 0 aliphatic heterocycles. The molecule has 3 heteroatoms. The van der Waals surface area contributed by atoms with E-state index in [2.05, 4.69) is 63.2 Å². The Balaban J connectivity index is 1.73. The summed E-state index contributed by atoms with van der Waals surface area (Å²) in [4.78, 5) is 12.9. The second-order valence-electron chi connectivity index (χ2n) is 8.01. The number of aromatic nitrogens is 2. The Morgan fingerprint density at radius 3 is 2.44 bits per heavy atom. The molecule has 1 aliphatic rings. The zero-order chi connectivity index (χ0) is 19.1. The largest absolute Gasteiger partial charge is 0.294 e. The molecule has 2 aromatic carbocycles. The number of hydrogen-bond donors (Lipinski definition) is 0. The Morgan fingerprint density at radius 2 is 1.78 bits per heavy atom. The number of benzene rings is 2. The molecule has 3 aromatic rings. The minimum Gasteiger partial charge on any atom is -0.294 e. The number of Topliss-reactive ketones (excluding diaryl/α,β-unsaturated/α-hetero) is 1. The number of carbonyl (C=O) groups is 1. The van der Waals surface area contributed by atoms with Crippen LogP contribution in [0.25, 0.3) is 5.69 Å². The second-order valence-corrected chi connectivity index (χ2v) is 8.01. The van der Waals surface area contributed by atoms with Crippen molar-refractivity contribution in [3.8, 4) is 5.69 Å². The Bertz CT molecular complexity index is 996. The fourth-order valence-corrected chi connectivity index (χ4v) is 4.12. The summed E-state index contributed by atoms with van der Waals surface area (Å²) in [6, 6.07) is 17.1. The molecule has 3 nitrogen and oxygen atoms in total. The monoisotopic (exact) mass is 358 g/mol. The summed E-state index contributed by atoms with van der Waals surface area (Å²) in [5.41, 5.74) is 7.51. The van der Waals surface area contributed by atoms with Gasteiger partial charge in [-0.15, -0.1) is 0 Å². The highest BCUT2D eigenvalue weighted by Gasteiger charge is 2.32. The fourth-order valence-electron chi connectivity index (χ4n) is 4.12. The van der Waals surface area contributed by atoms with E-state index in [-0.39, 0.29) is 11.7 Å². The molecule has 1 unspecified atom stereocenters. The predicted molar refractivity (Wildman–Crippen MR) is 109 cm³/mol. The summed E-state index contributed by atoms with van der Waals surface area (Å²) in [5, 5.41) is 4.72. The first kappa shape index (κ1) is 17.7. The van der Waals surface area contributed by atoms with Crippen LogP contribution < -0.4 is 0 Å². The maximum atomic E-state index is 12.9. The van der Waals surface area contributed by atoms with E-state index < -0.39 is 0 Å². The molecular weight excluding hydrogens is 332 g/mol. The minimum atomic E-state index is 0.214. The zero-order valence-electron chi connectivity index (χ0n) is 16.5. The van der Waals surface area contributed by atoms with Crippen molar-refractivity contribution >= 4 is 5.78 Å². The van der Waals surface area contributed by atoms with Gasteiger partial charge in [-0.1, -0.05) is 50.2 Å². The van der Waals surface area contributed by atoms with Gasteiger partial charge in [0.2, 0.25) is 0 Å². The zero-order valence-corrected chi connectivity index (χ0v) is 16.5. The van der Waals surface area contributed by atoms with Crippen molar-refractivity contribution in [2.24, 2.45) is 0 Å². The predicted octanol–water partition coefficient (Wildman–Crippen LogP) is 5.53. The van der Waals surface area contributed by atoms with Crippen molar-refractivity contribution in [3.63, 3.8) is 0 Å². The molecule has 138 valence electrons. The van der Waals surface area contributed by atoms with E-state index >= 15 is 0 Å². The Morgan fingerprint density at radius 1 is 1.04 bits per heavy atom. The number of carbonyl (C=O) groups excluding carboxylic acids is 1. The van der Waals surface area contributed by atoms with Crippen LogP contribution in [0.5, 0.6) is 0 Å². The smallest absolute Gasteiger partial charge is 0.167 e. The maximum absolute atomic E-state index is 12.9. The van der Waals surface area contributed by atoms with Crippen LogP contribution in [0.4, 0.5) is 0 Å². The van der Waals surface area contributed by atoms with Crippen LogP contribution in [-0.4, -0.2) is 15.6 Å². The second kappa shape index (κ2) is 6.80. The van der Waals surface area contributed by atoms with Crippen LogP contribution in [-0.2, 0) is 6.42 Å². The van der Waals surface area contributed by atoms with Gasteiger partial charge in [0, 0.05) is 6.42 Å². The molecule has 0 saturated carbocycles. The topological polar surface area (TPSA) is 34.9 Å². The van der Waals surface area contributed by atoms with E-state index in [4.69, 9.17) is 5.10 Å². The van der Waals surface area contributed by atoms with Gasteiger partial charge in [0.15, 0.2) is 5.78 Å². The molecule has 0 spiro atoms. The molecule has 1 aromatic heterocycles. The summed E-state index contributed by atoms with van der Waals surface area (Å²) in [5.74, 6) is 0.945. The number of aryl methyl sites for hydroxylation is 2. The van der Waals surface area contributed by atoms with Crippen LogP contribution in [0.2, 0.25) is 0 Å². The molecule has 0 bridgehead atoms.